The lowest BCUT2D eigenvalue weighted by atomic mass is 10.1. The van der Waals surface area contributed by atoms with Crippen molar-refractivity contribution in [1.29, 1.82) is 5.26 Å². The molecule has 0 amide bonds. The highest BCUT2D eigenvalue weighted by molar-refractivity contribution is 7.98. The molecule has 0 aliphatic rings. The van der Waals surface area contributed by atoms with Crippen LogP contribution in [0.1, 0.15) is 30.4 Å². The topological polar surface area (TPSA) is 48.7 Å². The third-order valence-electron chi connectivity index (χ3n) is 2.59. The van der Waals surface area contributed by atoms with Crippen LogP contribution in [-0.2, 0) is 0 Å². The zero-order valence-electron chi connectivity index (χ0n) is 10.5. The molecule has 0 aliphatic heterocycles. The molecule has 1 aromatic heterocycles. The molecule has 0 spiro atoms. The molecule has 0 fully saturated rings. The van der Waals surface area contributed by atoms with Crippen LogP contribution >= 0.6 is 11.8 Å². The maximum atomic E-state index is 9.04. The van der Waals surface area contributed by atoms with Gasteiger partial charge in [-0.15, -0.1) is 0 Å². The Balaban J connectivity index is 2.37. The Bertz CT molecular complexity index is 385. The highest BCUT2D eigenvalue weighted by Gasteiger charge is 2.04. The van der Waals surface area contributed by atoms with Crippen molar-refractivity contribution in [3.8, 4) is 6.07 Å². The number of nitrogens with one attached hydrogen (secondary N) is 1. The molecular weight excluding hydrogens is 230 g/mol. The third kappa shape index (κ3) is 4.66. The van der Waals surface area contributed by atoms with Crippen LogP contribution in [0.25, 0.3) is 0 Å². The van der Waals surface area contributed by atoms with Gasteiger partial charge in [0.15, 0.2) is 0 Å². The molecule has 0 atom stereocenters. The fourth-order valence-electron chi connectivity index (χ4n) is 1.59. The van der Waals surface area contributed by atoms with E-state index in [1.807, 2.05) is 24.8 Å². The second kappa shape index (κ2) is 7.97. The monoisotopic (exact) mass is 249 g/mol. The minimum absolute atomic E-state index is 0.664. The Labute approximate surface area is 108 Å². The largest absolute Gasteiger partial charge is 0.369 e. The van der Waals surface area contributed by atoms with Crippen molar-refractivity contribution in [2.75, 3.05) is 23.9 Å². The van der Waals surface area contributed by atoms with Gasteiger partial charge < -0.3 is 5.32 Å². The average Bonchev–Trinajstić information content (AvgIpc) is 2.34. The van der Waals surface area contributed by atoms with Gasteiger partial charge in [0.05, 0.1) is 5.56 Å². The fraction of sp³-hybridized carbons (Fsp3) is 0.538. The van der Waals surface area contributed by atoms with Gasteiger partial charge in [-0.25, -0.2) is 4.98 Å². The summed E-state index contributed by atoms with van der Waals surface area (Å²) in [6.45, 7) is 2.82. The van der Waals surface area contributed by atoms with Gasteiger partial charge in [0.25, 0.3) is 0 Å². The molecule has 0 aromatic carbocycles. The van der Waals surface area contributed by atoms with E-state index in [1.54, 1.807) is 6.20 Å². The van der Waals surface area contributed by atoms with Gasteiger partial charge >= 0.3 is 0 Å². The zero-order valence-corrected chi connectivity index (χ0v) is 11.3. The van der Waals surface area contributed by atoms with Crippen molar-refractivity contribution < 1.29 is 0 Å². The van der Waals surface area contributed by atoms with Gasteiger partial charge in [0.2, 0.25) is 0 Å². The van der Waals surface area contributed by atoms with Gasteiger partial charge in [-0.05, 0) is 43.4 Å². The van der Waals surface area contributed by atoms with Gasteiger partial charge in [0.1, 0.15) is 11.9 Å². The Kier molecular flexibility index (Phi) is 6.49. The van der Waals surface area contributed by atoms with Crippen LogP contribution in [0.4, 0.5) is 5.82 Å². The van der Waals surface area contributed by atoms with Crippen LogP contribution in [0.3, 0.4) is 0 Å². The number of nitriles is 1. The number of pyridine rings is 1. The number of thioether (sulfide) groups is 1. The fourth-order valence-corrected chi connectivity index (χ4v) is 2.08. The molecule has 0 bridgehead atoms. The second-order valence-electron chi connectivity index (χ2n) is 3.94. The molecule has 1 rings (SSSR count). The SMILES string of the molecule is CSCCCCCNc1nccc(C)c1C#N. The van der Waals surface area contributed by atoms with Crippen molar-refractivity contribution >= 4 is 17.6 Å². The van der Waals surface area contributed by atoms with Gasteiger partial charge in [0, 0.05) is 12.7 Å². The molecule has 1 aromatic rings. The second-order valence-corrected chi connectivity index (χ2v) is 4.93. The first-order chi connectivity index (χ1) is 8.29. The summed E-state index contributed by atoms with van der Waals surface area (Å²) in [5.74, 6) is 1.95. The minimum Gasteiger partial charge on any atom is -0.369 e. The lowest BCUT2D eigenvalue weighted by molar-refractivity contribution is 0.748. The molecular formula is C13H19N3S. The number of unbranched alkanes of at least 4 members (excludes halogenated alkanes) is 2. The maximum absolute atomic E-state index is 9.04. The van der Waals surface area contributed by atoms with E-state index in [0.29, 0.717) is 5.56 Å². The number of aromatic nitrogens is 1. The molecule has 92 valence electrons. The Morgan fingerprint density at radius 2 is 2.24 bits per heavy atom. The summed E-state index contributed by atoms with van der Waals surface area (Å²) >= 11 is 1.89. The van der Waals surface area contributed by atoms with Crippen LogP contribution in [0.2, 0.25) is 0 Å². The smallest absolute Gasteiger partial charge is 0.144 e. The zero-order chi connectivity index (χ0) is 12.5. The first-order valence-corrected chi connectivity index (χ1v) is 7.27. The van der Waals surface area contributed by atoms with Crippen LogP contribution in [0.5, 0.6) is 0 Å². The summed E-state index contributed by atoms with van der Waals surface area (Å²) in [5, 5.41) is 12.3. The van der Waals surface area contributed by atoms with Crippen LogP contribution in [-0.4, -0.2) is 23.5 Å². The van der Waals surface area contributed by atoms with Crippen molar-refractivity contribution in [2.45, 2.75) is 26.2 Å². The minimum atomic E-state index is 0.664. The van der Waals surface area contributed by atoms with E-state index in [1.165, 1.54) is 18.6 Å². The van der Waals surface area contributed by atoms with E-state index >= 15 is 0 Å². The summed E-state index contributed by atoms with van der Waals surface area (Å²) in [6.07, 6.45) is 7.48. The molecule has 4 heteroatoms. The third-order valence-corrected chi connectivity index (χ3v) is 3.29. The van der Waals surface area contributed by atoms with Gasteiger partial charge in [-0.3, -0.25) is 0 Å². The van der Waals surface area contributed by atoms with Crippen molar-refractivity contribution in [3.63, 3.8) is 0 Å². The Hall–Kier alpha value is -1.21. The highest BCUT2D eigenvalue weighted by atomic mass is 32.2. The van der Waals surface area contributed by atoms with E-state index < -0.39 is 0 Å². The Morgan fingerprint density at radius 3 is 2.94 bits per heavy atom. The summed E-state index contributed by atoms with van der Waals surface area (Å²) < 4.78 is 0. The summed E-state index contributed by atoms with van der Waals surface area (Å²) in [4.78, 5) is 4.21. The first kappa shape index (κ1) is 13.9. The first-order valence-electron chi connectivity index (χ1n) is 5.88. The average molecular weight is 249 g/mol. The molecule has 1 N–H and O–H groups in total. The van der Waals surface area contributed by atoms with Crippen LogP contribution < -0.4 is 5.32 Å². The quantitative estimate of drug-likeness (QED) is 0.754. The summed E-state index contributed by atoms with van der Waals surface area (Å²) in [7, 11) is 0. The van der Waals surface area contributed by atoms with E-state index in [-0.39, 0.29) is 0 Å². The number of hydrogen-bond donors (Lipinski definition) is 1. The van der Waals surface area contributed by atoms with Gasteiger partial charge in [-0.1, -0.05) is 6.42 Å². The molecule has 0 unspecified atom stereocenters. The molecule has 3 nitrogen and oxygen atoms in total. The number of nitrogens with zero attached hydrogens (tertiary/aromatic N) is 2. The Morgan fingerprint density at radius 1 is 1.41 bits per heavy atom. The lowest BCUT2D eigenvalue weighted by Gasteiger charge is -2.08. The van der Waals surface area contributed by atoms with Crippen molar-refractivity contribution in [3.05, 3.63) is 23.4 Å². The molecule has 1 heterocycles. The number of rotatable bonds is 7. The van der Waals surface area contributed by atoms with Crippen LogP contribution in [0.15, 0.2) is 12.3 Å². The number of anilines is 1. The van der Waals surface area contributed by atoms with E-state index in [4.69, 9.17) is 5.26 Å². The predicted molar refractivity (Wildman–Crippen MR) is 74.4 cm³/mol. The van der Waals surface area contributed by atoms with Gasteiger partial charge in [-0.2, -0.15) is 17.0 Å². The van der Waals surface area contributed by atoms with Crippen molar-refractivity contribution in [2.24, 2.45) is 0 Å². The maximum Gasteiger partial charge on any atom is 0.144 e. The highest BCUT2D eigenvalue weighted by Crippen LogP contribution is 2.15. The van der Waals surface area contributed by atoms with Crippen LogP contribution in [0, 0.1) is 18.3 Å². The standard InChI is InChI=1S/C13H19N3S/c1-11-6-8-16-13(12(11)10-14)15-7-4-3-5-9-17-2/h6,8H,3-5,7,9H2,1-2H3,(H,15,16). The number of aryl methyl sites for hydroxylation is 1. The molecule has 0 radical (unpaired) electrons. The molecule has 0 saturated heterocycles. The number of hydrogen-bond acceptors (Lipinski definition) is 4. The van der Waals surface area contributed by atoms with E-state index in [9.17, 15) is 0 Å². The van der Waals surface area contributed by atoms with Crippen molar-refractivity contribution in [1.82, 2.24) is 4.98 Å². The lowest BCUT2D eigenvalue weighted by Crippen LogP contribution is -2.06. The molecule has 17 heavy (non-hydrogen) atoms. The molecule has 0 saturated carbocycles. The summed E-state index contributed by atoms with van der Waals surface area (Å²) in [5.41, 5.74) is 1.64. The summed E-state index contributed by atoms with van der Waals surface area (Å²) in [6, 6.07) is 4.06. The predicted octanol–water partition coefficient (Wildman–Crippen LogP) is 3.21. The normalized spacial score (nSPS) is 9.94. The van der Waals surface area contributed by atoms with E-state index in [2.05, 4.69) is 22.6 Å². The molecule has 0 aliphatic carbocycles. The van der Waals surface area contributed by atoms with E-state index in [0.717, 1.165) is 24.3 Å².